The minimum Gasteiger partial charge on any atom is -0.444 e. The van der Waals surface area contributed by atoms with Crippen LogP contribution in [0.5, 0.6) is 0 Å². The van der Waals surface area contributed by atoms with Crippen LogP contribution in [-0.2, 0) is 14.3 Å². The summed E-state index contributed by atoms with van der Waals surface area (Å²) in [5.41, 5.74) is 2.13. The highest BCUT2D eigenvalue weighted by atomic mass is 16.6. The molecule has 0 spiro atoms. The Kier molecular flexibility index (Phi) is 11.1. The average molecular weight is 476 g/mol. The maximum absolute atomic E-state index is 14.0. The van der Waals surface area contributed by atoms with Crippen molar-refractivity contribution in [3.8, 4) is 0 Å². The van der Waals surface area contributed by atoms with Crippen LogP contribution in [0.1, 0.15) is 91.0 Å². The number of alkyl carbamates (subject to hydrolysis) is 1. The third-order valence-electron chi connectivity index (χ3n) is 5.35. The van der Waals surface area contributed by atoms with Crippen LogP contribution in [0.25, 0.3) is 0 Å². The fraction of sp³-hybridized carbons (Fsp3) is 0.667. The first kappa shape index (κ1) is 29.5. The van der Waals surface area contributed by atoms with E-state index >= 15 is 0 Å². The summed E-state index contributed by atoms with van der Waals surface area (Å²) >= 11 is 0. The molecule has 1 aromatic carbocycles. The maximum Gasteiger partial charge on any atom is 0.408 e. The Hall–Kier alpha value is -2.57. The van der Waals surface area contributed by atoms with Gasteiger partial charge in [-0.05, 0) is 71.9 Å². The molecule has 7 nitrogen and oxygen atoms in total. The lowest BCUT2D eigenvalue weighted by Crippen LogP contribution is -2.55. The van der Waals surface area contributed by atoms with Crippen LogP contribution in [0.15, 0.2) is 18.2 Å². The molecular weight excluding hydrogens is 430 g/mol. The molecule has 0 fully saturated rings. The number of rotatable bonds is 10. The van der Waals surface area contributed by atoms with E-state index in [1.54, 1.807) is 25.7 Å². The summed E-state index contributed by atoms with van der Waals surface area (Å²) in [4.78, 5) is 41.6. The van der Waals surface area contributed by atoms with Gasteiger partial charge in [0.1, 0.15) is 17.7 Å². The van der Waals surface area contributed by atoms with Gasteiger partial charge in [-0.2, -0.15) is 0 Å². The van der Waals surface area contributed by atoms with E-state index in [1.165, 1.54) is 0 Å². The zero-order valence-corrected chi connectivity index (χ0v) is 22.7. The molecule has 0 aliphatic carbocycles. The van der Waals surface area contributed by atoms with Gasteiger partial charge in [-0.15, -0.1) is 0 Å². The second-order valence-corrected chi connectivity index (χ2v) is 10.7. The lowest BCUT2D eigenvalue weighted by Gasteiger charge is -2.36. The van der Waals surface area contributed by atoms with Crippen LogP contribution in [-0.4, -0.2) is 47.0 Å². The number of hydrogen-bond acceptors (Lipinski definition) is 4. The molecule has 1 aromatic rings. The van der Waals surface area contributed by atoms with Crippen LogP contribution in [0, 0.1) is 19.8 Å². The molecule has 0 bridgehead atoms. The van der Waals surface area contributed by atoms with E-state index in [2.05, 4.69) is 10.6 Å². The second-order valence-electron chi connectivity index (χ2n) is 10.7. The molecule has 2 N–H and O–H groups in total. The first-order chi connectivity index (χ1) is 15.7. The number of hydrogen-bond donors (Lipinski definition) is 2. The molecule has 2 atom stereocenters. The summed E-state index contributed by atoms with van der Waals surface area (Å²) in [7, 11) is 0. The first-order valence-electron chi connectivity index (χ1n) is 12.3. The van der Waals surface area contributed by atoms with Crippen molar-refractivity contribution in [2.75, 3.05) is 6.54 Å². The molecule has 7 heteroatoms. The van der Waals surface area contributed by atoms with Gasteiger partial charge in [0.05, 0.1) is 0 Å². The summed E-state index contributed by atoms with van der Waals surface area (Å²) in [6.45, 7) is 19.3. The fourth-order valence-electron chi connectivity index (χ4n) is 3.77. The Morgan fingerprint density at radius 1 is 1.03 bits per heavy atom. The molecule has 34 heavy (non-hydrogen) atoms. The molecule has 0 radical (unpaired) electrons. The van der Waals surface area contributed by atoms with Crippen molar-refractivity contribution in [2.24, 2.45) is 5.92 Å². The largest absolute Gasteiger partial charge is 0.444 e. The Morgan fingerprint density at radius 3 is 2.12 bits per heavy atom. The normalized spacial score (nSPS) is 13.4. The Labute approximate surface area is 206 Å². The zero-order chi connectivity index (χ0) is 26.2. The molecule has 2 unspecified atom stereocenters. The number of ether oxygens (including phenoxy) is 1. The smallest absolute Gasteiger partial charge is 0.408 e. The van der Waals surface area contributed by atoms with Gasteiger partial charge in [0.25, 0.3) is 0 Å². The second kappa shape index (κ2) is 12.8. The number of nitrogens with zero attached hydrogens (tertiary/aromatic N) is 1. The van der Waals surface area contributed by atoms with Crippen molar-refractivity contribution in [1.29, 1.82) is 0 Å². The highest BCUT2D eigenvalue weighted by Gasteiger charge is 2.37. The number of carbonyl (C=O) groups is 3. The van der Waals surface area contributed by atoms with Crippen molar-refractivity contribution in [1.82, 2.24) is 15.5 Å². The van der Waals surface area contributed by atoms with Gasteiger partial charge in [-0.3, -0.25) is 9.59 Å². The first-order valence-corrected chi connectivity index (χ1v) is 12.3. The van der Waals surface area contributed by atoms with Gasteiger partial charge < -0.3 is 20.3 Å². The summed E-state index contributed by atoms with van der Waals surface area (Å²) in [5.74, 6) is -0.721. The molecule has 0 saturated carbocycles. The number of unbranched alkanes of at least 4 members (excludes halogenated alkanes) is 1. The fourth-order valence-corrected chi connectivity index (χ4v) is 3.77. The maximum atomic E-state index is 14.0. The van der Waals surface area contributed by atoms with Crippen LogP contribution in [0.2, 0.25) is 0 Å². The van der Waals surface area contributed by atoms with Crippen molar-refractivity contribution < 1.29 is 19.1 Å². The van der Waals surface area contributed by atoms with Crippen molar-refractivity contribution in [2.45, 2.75) is 106 Å². The number of nitrogens with one attached hydrogen (secondary N) is 2. The van der Waals surface area contributed by atoms with Crippen LogP contribution in [0.4, 0.5) is 4.79 Å². The van der Waals surface area contributed by atoms with Gasteiger partial charge in [0.2, 0.25) is 11.8 Å². The van der Waals surface area contributed by atoms with Crippen molar-refractivity contribution >= 4 is 17.9 Å². The van der Waals surface area contributed by atoms with E-state index in [0.717, 1.165) is 29.5 Å². The quantitative estimate of drug-likeness (QED) is 0.496. The number of aryl methyl sites for hydroxylation is 2. The third-order valence-corrected chi connectivity index (χ3v) is 5.35. The highest BCUT2D eigenvalue weighted by molar-refractivity contribution is 5.92. The van der Waals surface area contributed by atoms with Crippen LogP contribution < -0.4 is 10.6 Å². The van der Waals surface area contributed by atoms with E-state index in [4.69, 9.17) is 4.74 Å². The standard InChI is InChI=1S/C27H45N3O4/c1-11-12-15-30(25(32)22(17(2)3)29-26(33)34-27(8,9)10)23(24(31)28-18(4)5)21-14-13-19(6)16-20(21)7/h13-14,16-18,22-23H,11-12,15H2,1-10H3,(H,28,31)(H,29,33). The summed E-state index contributed by atoms with van der Waals surface area (Å²) in [6.07, 6.45) is 0.949. The minimum atomic E-state index is -0.827. The van der Waals surface area contributed by atoms with E-state index in [9.17, 15) is 14.4 Å². The van der Waals surface area contributed by atoms with Gasteiger partial charge >= 0.3 is 6.09 Å². The van der Waals surface area contributed by atoms with Crippen LogP contribution >= 0.6 is 0 Å². The minimum absolute atomic E-state index is 0.0790. The zero-order valence-electron chi connectivity index (χ0n) is 22.7. The number of carbonyl (C=O) groups excluding carboxylic acids is 3. The summed E-state index contributed by atoms with van der Waals surface area (Å²) in [6, 6.07) is 4.19. The molecule has 1 rings (SSSR count). The van der Waals surface area contributed by atoms with Crippen molar-refractivity contribution in [3.63, 3.8) is 0 Å². The Morgan fingerprint density at radius 2 is 1.65 bits per heavy atom. The number of benzene rings is 1. The summed E-state index contributed by atoms with van der Waals surface area (Å²) < 4.78 is 5.41. The topological polar surface area (TPSA) is 87.7 Å². The summed E-state index contributed by atoms with van der Waals surface area (Å²) in [5, 5.41) is 5.75. The molecule has 3 amide bonds. The van der Waals surface area contributed by atoms with Gasteiger partial charge in [0, 0.05) is 12.6 Å². The lowest BCUT2D eigenvalue weighted by atomic mass is 9.94. The number of amides is 3. The lowest BCUT2D eigenvalue weighted by molar-refractivity contribution is -0.143. The van der Waals surface area contributed by atoms with Crippen LogP contribution in [0.3, 0.4) is 0 Å². The molecule has 0 aromatic heterocycles. The third kappa shape index (κ3) is 8.99. The molecule has 0 heterocycles. The Balaban J connectivity index is 3.50. The molecule has 192 valence electrons. The Bertz CT molecular complexity index is 843. The van der Waals surface area contributed by atoms with E-state index < -0.39 is 23.8 Å². The van der Waals surface area contributed by atoms with Gasteiger partial charge in [0.15, 0.2) is 0 Å². The van der Waals surface area contributed by atoms with E-state index in [0.29, 0.717) is 6.54 Å². The molecule has 0 aliphatic rings. The molecular formula is C27H45N3O4. The van der Waals surface area contributed by atoms with E-state index in [1.807, 2.05) is 66.7 Å². The van der Waals surface area contributed by atoms with Crippen molar-refractivity contribution in [3.05, 3.63) is 34.9 Å². The predicted octanol–water partition coefficient (Wildman–Crippen LogP) is 5.05. The average Bonchev–Trinajstić information content (AvgIpc) is 2.67. The predicted molar refractivity (Wildman–Crippen MR) is 137 cm³/mol. The van der Waals surface area contributed by atoms with Gasteiger partial charge in [-0.1, -0.05) is 51.0 Å². The van der Waals surface area contributed by atoms with Gasteiger partial charge in [-0.25, -0.2) is 4.79 Å². The monoisotopic (exact) mass is 475 g/mol. The van der Waals surface area contributed by atoms with E-state index in [-0.39, 0.29) is 23.8 Å². The highest BCUT2D eigenvalue weighted by Crippen LogP contribution is 2.28. The SMILES string of the molecule is CCCCN(C(=O)C(NC(=O)OC(C)(C)C)C(C)C)C(C(=O)NC(C)C)c1ccc(C)cc1C. The molecule has 0 aliphatic heterocycles. The molecule has 0 saturated heterocycles.